The van der Waals surface area contributed by atoms with Crippen LogP contribution in [0.2, 0.25) is 0 Å². The predicted molar refractivity (Wildman–Crippen MR) is 88.0 cm³/mol. The molecule has 0 unspecified atom stereocenters. The van der Waals surface area contributed by atoms with Gasteiger partial charge in [-0.1, -0.05) is 12.1 Å². The van der Waals surface area contributed by atoms with E-state index in [1.165, 1.54) is 0 Å². The smallest absolute Gasteiger partial charge is 0.254 e. The van der Waals surface area contributed by atoms with Crippen LogP contribution in [0.15, 0.2) is 42.7 Å². The molecule has 2 N–H and O–H groups in total. The van der Waals surface area contributed by atoms with Crippen LogP contribution in [0, 0.1) is 0 Å². The Morgan fingerprint density at radius 1 is 1.21 bits per heavy atom. The van der Waals surface area contributed by atoms with Crippen molar-refractivity contribution in [2.45, 2.75) is 18.6 Å². The number of nitrogens with zero attached hydrogens (tertiary/aromatic N) is 1. The summed E-state index contributed by atoms with van der Waals surface area (Å²) < 4.78 is 5.30. The molecule has 24 heavy (non-hydrogen) atoms. The summed E-state index contributed by atoms with van der Waals surface area (Å²) in [4.78, 5) is 29.4. The first-order valence-corrected chi connectivity index (χ1v) is 7.86. The van der Waals surface area contributed by atoms with Crippen molar-refractivity contribution in [3.05, 3.63) is 59.4 Å². The number of hydrogen-bond donors (Lipinski definition) is 2. The van der Waals surface area contributed by atoms with E-state index in [1.54, 1.807) is 54.7 Å². The molecule has 1 aromatic heterocycles. The fourth-order valence-electron chi connectivity index (χ4n) is 3.03. The number of aliphatic hydroxyl groups excluding tert-OH is 1. The molecule has 0 aliphatic carbocycles. The Kier molecular flexibility index (Phi) is 4.78. The molecule has 1 saturated heterocycles. The van der Waals surface area contributed by atoms with E-state index in [0.717, 1.165) is 0 Å². The number of likely N-dealkylation sites (tertiary alicyclic amines) is 1. The average Bonchev–Trinajstić information content (AvgIpc) is 3.30. The van der Waals surface area contributed by atoms with Gasteiger partial charge in [0.05, 0.1) is 18.8 Å². The monoisotopic (exact) mass is 328 g/mol. The van der Waals surface area contributed by atoms with Gasteiger partial charge in [0.25, 0.3) is 5.91 Å². The molecule has 3 rings (SSSR count). The number of aliphatic hydroxyl groups is 1. The zero-order valence-electron chi connectivity index (χ0n) is 13.4. The number of methoxy groups -OCH3 is 1. The summed E-state index contributed by atoms with van der Waals surface area (Å²) in [5.41, 5.74) is 1.61. The van der Waals surface area contributed by atoms with Crippen molar-refractivity contribution in [1.29, 1.82) is 0 Å². The molecule has 6 nitrogen and oxygen atoms in total. The van der Waals surface area contributed by atoms with Crippen LogP contribution in [0.4, 0.5) is 0 Å². The lowest BCUT2D eigenvalue weighted by Gasteiger charge is -2.22. The highest BCUT2D eigenvalue weighted by molar-refractivity contribution is 6.09. The molecule has 0 spiro atoms. The number of hydrogen-bond acceptors (Lipinski definition) is 4. The average molecular weight is 328 g/mol. The lowest BCUT2D eigenvalue weighted by molar-refractivity contribution is 0.0647. The van der Waals surface area contributed by atoms with E-state index in [0.29, 0.717) is 29.7 Å². The Bertz CT molecular complexity index is 709. The molecule has 1 aliphatic rings. The maximum Gasteiger partial charge on any atom is 0.254 e. The highest BCUT2D eigenvalue weighted by Crippen LogP contribution is 2.22. The van der Waals surface area contributed by atoms with Gasteiger partial charge in [-0.05, 0) is 24.6 Å². The molecule has 1 aliphatic heterocycles. The number of aromatic nitrogens is 1. The lowest BCUT2D eigenvalue weighted by atomic mass is 10.0. The predicted octanol–water partition coefficient (Wildman–Crippen LogP) is 1.47. The molecular formula is C18H20N2O4. The molecule has 0 radical (unpaired) electrons. The van der Waals surface area contributed by atoms with Crippen LogP contribution < -0.4 is 0 Å². The molecule has 1 aromatic carbocycles. The van der Waals surface area contributed by atoms with Gasteiger partial charge in [0.1, 0.15) is 0 Å². The van der Waals surface area contributed by atoms with Crippen LogP contribution in [0.5, 0.6) is 0 Å². The van der Waals surface area contributed by atoms with Crippen molar-refractivity contribution in [3.63, 3.8) is 0 Å². The van der Waals surface area contributed by atoms with E-state index in [1.807, 2.05) is 0 Å². The Labute approximate surface area is 140 Å². The van der Waals surface area contributed by atoms with Gasteiger partial charge in [0.15, 0.2) is 5.78 Å². The van der Waals surface area contributed by atoms with E-state index in [4.69, 9.17) is 4.74 Å². The first-order valence-electron chi connectivity index (χ1n) is 7.86. The number of rotatable bonds is 5. The van der Waals surface area contributed by atoms with Crippen LogP contribution in [0.25, 0.3) is 0 Å². The summed E-state index contributed by atoms with van der Waals surface area (Å²) in [5.74, 6) is -0.252. The molecule has 2 heterocycles. The van der Waals surface area contributed by atoms with Gasteiger partial charge < -0.3 is 19.7 Å². The topological polar surface area (TPSA) is 82.6 Å². The first kappa shape index (κ1) is 16.4. The van der Waals surface area contributed by atoms with Crippen molar-refractivity contribution in [3.8, 4) is 0 Å². The van der Waals surface area contributed by atoms with Gasteiger partial charge in [0.2, 0.25) is 0 Å². The maximum absolute atomic E-state index is 12.7. The summed E-state index contributed by atoms with van der Waals surface area (Å²) >= 11 is 0. The Morgan fingerprint density at radius 3 is 2.50 bits per heavy atom. The molecule has 1 amide bonds. The van der Waals surface area contributed by atoms with Crippen molar-refractivity contribution >= 4 is 11.7 Å². The van der Waals surface area contributed by atoms with E-state index in [2.05, 4.69) is 4.98 Å². The van der Waals surface area contributed by atoms with Crippen LogP contribution in [0.1, 0.15) is 32.7 Å². The van der Waals surface area contributed by atoms with Crippen LogP contribution in [0.3, 0.4) is 0 Å². The third kappa shape index (κ3) is 3.11. The maximum atomic E-state index is 12.7. The number of amides is 1. The zero-order valence-corrected chi connectivity index (χ0v) is 13.4. The largest absolute Gasteiger partial charge is 0.394 e. The fraction of sp³-hybridized carbons (Fsp3) is 0.333. The highest BCUT2D eigenvalue weighted by atomic mass is 16.5. The van der Waals surface area contributed by atoms with E-state index in [-0.39, 0.29) is 30.4 Å². The second kappa shape index (κ2) is 6.98. The van der Waals surface area contributed by atoms with Gasteiger partial charge in [-0.25, -0.2) is 0 Å². The normalized spacial score (nSPS) is 20.3. The molecule has 1 fully saturated rings. The van der Waals surface area contributed by atoms with E-state index < -0.39 is 0 Å². The van der Waals surface area contributed by atoms with Crippen LogP contribution >= 0.6 is 0 Å². The number of ether oxygens (including phenoxy) is 1. The minimum Gasteiger partial charge on any atom is -0.394 e. The summed E-state index contributed by atoms with van der Waals surface area (Å²) in [6.07, 6.45) is 3.91. The first-order chi connectivity index (χ1) is 11.6. The highest BCUT2D eigenvalue weighted by Gasteiger charge is 2.35. The lowest BCUT2D eigenvalue weighted by Crippen LogP contribution is -2.38. The molecule has 0 saturated carbocycles. The number of ketones is 1. The Balaban J connectivity index is 1.75. The number of H-pyrrole nitrogens is 1. The van der Waals surface area contributed by atoms with Crippen LogP contribution in [-0.4, -0.2) is 59.1 Å². The van der Waals surface area contributed by atoms with Crippen molar-refractivity contribution in [1.82, 2.24) is 9.88 Å². The standard InChI is InChI=1S/C18H20N2O4/c1-24-16-8-15(11-21)20(10-16)18(23)13-4-2-12(3-5-13)17(22)14-6-7-19-9-14/h2-7,9,15-16,19,21H,8,10-11H2,1H3/t15-,16-/m0/s1. The second-order valence-corrected chi connectivity index (χ2v) is 5.89. The molecular weight excluding hydrogens is 308 g/mol. The summed E-state index contributed by atoms with van der Waals surface area (Å²) in [7, 11) is 1.61. The minimum atomic E-state index is -0.233. The quantitative estimate of drug-likeness (QED) is 0.814. The van der Waals surface area contributed by atoms with Crippen LogP contribution in [-0.2, 0) is 4.74 Å². The summed E-state index contributed by atoms with van der Waals surface area (Å²) in [5, 5.41) is 9.47. The second-order valence-electron chi connectivity index (χ2n) is 5.89. The number of benzene rings is 1. The molecule has 6 heteroatoms. The van der Waals surface area contributed by atoms with Gasteiger partial charge in [0, 0.05) is 42.7 Å². The number of nitrogens with one attached hydrogen (secondary N) is 1. The molecule has 126 valence electrons. The molecule has 0 bridgehead atoms. The zero-order chi connectivity index (χ0) is 17.1. The van der Waals surface area contributed by atoms with Crippen molar-refractivity contribution in [2.75, 3.05) is 20.3 Å². The van der Waals surface area contributed by atoms with Gasteiger partial charge >= 0.3 is 0 Å². The van der Waals surface area contributed by atoms with Gasteiger partial charge in [-0.2, -0.15) is 0 Å². The molecule has 2 atom stereocenters. The Hall–Kier alpha value is -2.44. The molecule has 2 aromatic rings. The number of carbonyl (C=O) groups excluding carboxylic acids is 2. The van der Waals surface area contributed by atoms with Crippen molar-refractivity contribution in [2.24, 2.45) is 0 Å². The van der Waals surface area contributed by atoms with E-state index in [9.17, 15) is 14.7 Å². The van der Waals surface area contributed by atoms with E-state index >= 15 is 0 Å². The summed E-state index contributed by atoms with van der Waals surface area (Å²) in [6, 6.07) is 8.08. The SMILES string of the molecule is CO[C@H]1C[C@@H](CO)N(C(=O)c2ccc(C(=O)c3cc[nH]c3)cc2)C1. The van der Waals surface area contributed by atoms with Gasteiger partial charge in [-0.3, -0.25) is 9.59 Å². The Morgan fingerprint density at radius 2 is 1.92 bits per heavy atom. The third-order valence-electron chi connectivity index (χ3n) is 4.44. The fourth-order valence-corrected chi connectivity index (χ4v) is 3.03. The summed E-state index contributed by atoms with van der Waals surface area (Å²) in [6.45, 7) is 0.375. The minimum absolute atomic E-state index is 0.0551. The third-order valence-corrected chi connectivity index (χ3v) is 4.44. The number of aromatic amines is 1. The van der Waals surface area contributed by atoms with Gasteiger partial charge in [-0.15, -0.1) is 0 Å². The number of carbonyl (C=O) groups is 2. The van der Waals surface area contributed by atoms with Crippen molar-refractivity contribution < 1.29 is 19.4 Å².